The molecule has 0 aliphatic rings. The summed E-state index contributed by atoms with van der Waals surface area (Å²) in [4.78, 5) is 34.0. The van der Waals surface area contributed by atoms with E-state index in [1.54, 1.807) is 18.2 Å². The summed E-state index contributed by atoms with van der Waals surface area (Å²) in [5, 5.41) is 4.28. The average Bonchev–Trinajstić information content (AvgIpc) is 2.70. The van der Waals surface area contributed by atoms with E-state index in [1.165, 1.54) is 10.9 Å². The van der Waals surface area contributed by atoms with Crippen molar-refractivity contribution >= 4 is 33.4 Å². The summed E-state index contributed by atoms with van der Waals surface area (Å²) in [5.41, 5.74) is 2.81. The second kappa shape index (κ2) is 6.99. The van der Waals surface area contributed by atoms with Gasteiger partial charge < -0.3 is 5.32 Å². The van der Waals surface area contributed by atoms with Crippen molar-refractivity contribution < 1.29 is 4.79 Å². The Bertz CT molecular complexity index is 1210. The fourth-order valence-electron chi connectivity index (χ4n) is 3.08. The Balaban J connectivity index is 1.65. The molecule has 0 aliphatic heterocycles. The number of hydrogen-bond donors (Lipinski definition) is 1. The molecule has 2 aromatic heterocycles. The fraction of sp³-hybridized carbons (Fsp3) is 0.143. The van der Waals surface area contributed by atoms with Gasteiger partial charge in [0.05, 0.1) is 28.4 Å². The molecule has 0 saturated carbocycles. The van der Waals surface area contributed by atoms with Crippen LogP contribution in [-0.2, 0) is 17.8 Å². The van der Waals surface area contributed by atoms with Gasteiger partial charge in [0, 0.05) is 11.1 Å². The van der Waals surface area contributed by atoms with E-state index >= 15 is 0 Å². The Morgan fingerprint density at radius 3 is 2.52 bits per heavy atom. The second-order valence-electron chi connectivity index (χ2n) is 6.27. The number of benzene rings is 2. The van der Waals surface area contributed by atoms with Crippen LogP contribution in [0.15, 0.2) is 65.7 Å². The van der Waals surface area contributed by atoms with E-state index in [9.17, 15) is 9.59 Å². The molecule has 0 spiro atoms. The molecule has 4 aromatic rings. The molecule has 134 valence electrons. The summed E-state index contributed by atoms with van der Waals surface area (Å²) < 4.78 is 1.32. The number of nitrogens with zero attached hydrogens (tertiary/aromatic N) is 3. The molecule has 2 aromatic carbocycles. The standard InChI is InChI=1S/C21H18N4O2/c1-2-14-11-19(15-7-3-6-10-18(15)23-14)24-20(26)12-25-13-22-17-9-5-4-8-16(17)21(25)27/h3-11,13H,2,12H2,1H3,(H,23,24,26). The van der Waals surface area contributed by atoms with Crippen molar-refractivity contribution in [2.24, 2.45) is 0 Å². The van der Waals surface area contributed by atoms with E-state index in [2.05, 4.69) is 15.3 Å². The Morgan fingerprint density at radius 1 is 1.04 bits per heavy atom. The molecule has 0 bridgehead atoms. The Labute approximate surface area is 155 Å². The molecule has 2 heterocycles. The van der Waals surface area contributed by atoms with Crippen molar-refractivity contribution in [2.45, 2.75) is 19.9 Å². The largest absolute Gasteiger partial charge is 0.324 e. The molecule has 1 N–H and O–H groups in total. The molecule has 0 saturated heterocycles. The Morgan fingerprint density at radius 2 is 1.74 bits per heavy atom. The average molecular weight is 358 g/mol. The van der Waals surface area contributed by atoms with Gasteiger partial charge in [-0.15, -0.1) is 0 Å². The lowest BCUT2D eigenvalue weighted by molar-refractivity contribution is -0.116. The summed E-state index contributed by atoms with van der Waals surface area (Å²) >= 11 is 0. The highest BCUT2D eigenvalue weighted by molar-refractivity contribution is 6.01. The van der Waals surface area contributed by atoms with Crippen molar-refractivity contribution in [2.75, 3.05) is 5.32 Å². The fourth-order valence-corrected chi connectivity index (χ4v) is 3.08. The molecule has 1 amide bonds. The highest BCUT2D eigenvalue weighted by atomic mass is 16.2. The van der Waals surface area contributed by atoms with Crippen LogP contribution in [0, 0.1) is 0 Å². The van der Waals surface area contributed by atoms with E-state index in [0.29, 0.717) is 16.6 Å². The van der Waals surface area contributed by atoms with Gasteiger partial charge in [0.15, 0.2) is 0 Å². The molecule has 0 unspecified atom stereocenters. The van der Waals surface area contributed by atoms with Gasteiger partial charge in [-0.05, 0) is 30.7 Å². The third-order valence-electron chi connectivity index (χ3n) is 4.45. The van der Waals surface area contributed by atoms with Crippen LogP contribution < -0.4 is 10.9 Å². The lowest BCUT2D eigenvalue weighted by atomic mass is 10.1. The number of carbonyl (C=O) groups excluding carboxylic acids is 1. The normalized spacial score (nSPS) is 11.0. The number of carbonyl (C=O) groups is 1. The molecular formula is C21H18N4O2. The van der Waals surface area contributed by atoms with Gasteiger partial charge >= 0.3 is 0 Å². The first kappa shape index (κ1) is 16.9. The van der Waals surface area contributed by atoms with Gasteiger partial charge in [-0.3, -0.25) is 19.1 Å². The van der Waals surface area contributed by atoms with Crippen LogP contribution in [0.1, 0.15) is 12.6 Å². The SMILES string of the molecule is CCc1cc(NC(=O)Cn2cnc3ccccc3c2=O)c2ccccc2n1. The third-order valence-corrected chi connectivity index (χ3v) is 4.45. The highest BCUT2D eigenvalue weighted by Gasteiger charge is 2.11. The van der Waals surface area contributed by atoms with Crippen molar-refractivity contribution in [1.29, 1.82) is 0 Å². The van der Waals surface area contributed by atoms with Gasteiger partial charge in [0.25, 0.3) is 5.56 Å². The second-order valence-corrected chi connectivity index (χ2v) is 6.27. The van der Waals surface area contributed by atoms with Crippen LogP contribution in [0.5, 0.6) is 0 Å². The number of rotatable bonds is 4. The summed E-state index contributed by atoms with van der Waals surface area (Å²) in [6.45, 7) is 1.91. The first-order valence-electron chi connectivity index (χ1n) is 8.78. The smallest absolute Gasteiger partial charge is 0.261 e. The predicted octanol–water partition coefficient (Wildman–Crippen LogP) is 3.15. The zero-order chi connectivity index (χ0) is 18.8. The minimum atomic E-state index is -0.285. The number of nitrogens with one attached hydrogen (secondary N) is 1. The molecule has 27 heavy (non-hydrogen) atoms. The number of aromatic nitrogens is 3. The molecule has 0 aliphatic carbocycles. The Kier molecular flexibility index (Phi) is 4.38. The van der Waals surface area contributed by atoms with Crippen molar-refractivity contribution in [3.63, 3.8) is 0 Å². The topological polar surface area (TPSA) is 76.9 Å². The van der Waals surface area contributed by atoms with E-state index in [-0.39, 0.29) is 18.0 Å². The number of fused-ring (bicyclic) bond motifs is 2. The maximum atomic E-state index is 12.6. The quantitative estimate of drug-likeness (QED) is 0.608. The summed E-state index contributed by atoms with van der Waals surface area (Å²) in [5.74, 6) is -0.285. The van der Waals surface area contributed by atoms with Crippen LogP contribution in [0.25, 0.3) is 21.8 Å². The van der Waals surface area contributed by atoms with Crippen molar-refractivity contribution in [3.05, 3.63) is 77.0 Å². The number of hydrogen-bond acceptors (Lipinski definition) is 4. The van der Waals surface area contributed by atoms with Crippen molar-refractivity contribution in [1.82, 2.24) is 14.5 Å². The summed E-state index contributed by atoms with van der Waals surface area (Å²) in [6.07, 6.45) is 2.17. The van der Waals surface area contributed by atoms with E-state index < -0.39 is 0 Å². The zero-order valence-electron chi connectivity index (χ0n) is 14.8. The lowest BCUT2D eigenvalue weighted by Crippen LogP contribution is -2.28. The maximum Gasteiger partial charge on any atom is 0.261 e. The first-order chi connectivity index (χ1) is 13.2. The molecule has 6 nitrogen and oxygen atoms in total. The first-order valence-corrected chi connectivity index (χ1v) is 8.78. The minimum Gasteiger partial charge on any atom is -0.324 e. The molecule has 4 rings (SSSR count). The molecule has 0 radical (unpaired) electrons. The third kappa shape index (κ3) is 3.29. The molecular weight excluding hydrogens is 340 g/mol. The van der Waals surface area contributed by atoms with Crippen LogP contribution in [0.4, 0.5) is 5.69 Å². The number of aryl methyl sites for hydroxylation is 1. The van der Waals surface area contributed by atoms with E-state index in [1.807, 2.05) is 43.3 Å². The highest BCUT2D eigenvalue weighted by Crippen LogP contribution is 2.23. The van der Waals surface area contributed by atoms with Crippen LogP contribution in [0.3, 0.4) is 0 Å². The number of anilines is 1. The van der Waals surface area contributed by atoms with Crippen LogP contribution in [0.2, 0.25) is 0 Å². The molecule has 0 atom stereocenters. The van der Waals surface area contributed by atoms with E-state index in [0.717, 1.165) is 23.0 Å². The van der Waals surface area contributed by atoms with Gasteiger partial charge in [-0.2, -0.15) is 0 Å². The minimum absolute atomic E-state index is 0.102. The molecule has 6 heteroatoms. The zero-order valence-corrected chi connectivity index (χ0v) is 14.8. The summed E-state index contributed by atoms with van der Waals surface area (Å²) in [6, 6.07) is 16.6. The Hall–Kier alpha value is -3.54. The predicted molar refractivity (Wildman–Crippen MR) is 106 cm³/mol. The number of pyridine rings is 1. The van der Waals surface area contributed by atoms with Gasteiger partial charge in [0.2, 0.25) is 5.91 Å². The maximum absolute atomic E-state index is 12.6. The van der Waals surface area contributed by atoms with Gasteiger partial charge in [-0.25, -0.2) is 4.98 Å². The number of amides is 1. The monoisotopic (exact) mass is 358 g/mol. The van der Waals surface area contributed by atoms with Crippen LogP contribution in [-0.4, -0.2) is 20.4 Å². The van der Waals surface area contributed by atoms with Gasteiger partial charge in [-0.1, -0.05) is 37.3 Å². The van der Waals surface area contributed by atoms with Crippen molar-refractivity contribution in [3.8, 4) is 0 Å². The lowest BCUT2D eigenvalue weighted by Gasteiger charge is -2.11. The van der Waals surface area contributed by atoms with Gasteiger partial charge in [0.1, 0.15) is 6.54 Å². The summed E-state index contributed by atoms with van der Waals surface area (Å²) in [7, 11) is 0. The van der Waals surface area contributed by atoms with Crippen LogP contribution >= 0.6 is 0 Å². The van der Waals surface area contributed by atoms with E-state index in [4.69, 9.17) is 0 Å². The molecule has 0 fully saturated rings. The number of para-hydroxylation sites is 2.